The molecule has 0 aliphatic rings. The Morgan fingerprint density at radius 2 is 1.29 bits per heavy atom. The standard InChI is InChI=1S/C23H27N/c1-19(2)24(20(3)4)18-12-11-17-23(21-13-7-5-8-14-21)22-15-9-6-10-16-22/h5-10,13-17,19-20H,18H2,1-4H3. The molecule has 0 saturated heterocycles. The highest BCUT2D eigenvalue weighted by molar-refractivity contribution is 5.81. The third-order valence-corrected chi connectivity index (χ3v) is 4.08. The molecule has 0 aliphatic heterocycles. The molecular weight excluding hydrogens is 290 g/mol. The van der Waals surface area contributed by atoms with E-state index in [1.165, 1.54) is 16.7 Å². The van der Waals surface area contributed by atoms with Gasteiger partial charge < -0.3 is 0 Å². The van der Waals surface area contributed by atoms with Crippen molar-refractivity contribution in [2.24, 2.45) is 0 Å². The summed E-state index contributed by atoms with van der Waals surface area (Å²) in [6, 6.07) is 21.9. The molecule has 124 valence electrons. The Bertz CT molecular complexity index is 650. The van der Waals surface area contributed by atoms with E-state index in [-0.39, 0.29) is 0 Å². The lowest BCUT2D eigenvalue weighted by Crippen LogP contribution is -2.37. The van der Waals surface area contributed by atoms with Crippen molar-refractivity contribution < 1.29 is 0 Å². The molecule has 0 saturated carbocycles. The lowest BCUT2D eigenvalue weighted by Gasteiger charge is -2.28. The third kappa shape index (κ3) is 5.11. The van der Waals surface area contributed by atoms with Crippen LogP contribution in [0.15, 0.2) is 66.7 Å². The van der Waals surface area contributed by atoms with E-state index in [9.17, 15) is 0 Å². The van der Waals surface area contributed by atoms with Crippen LogP contribution >= 0.6 is 0 Å². The molecule has 0 N–H and O–H groups in total. The van der Waals surface area contributed by atoms with E-state index >= 15 is 0 Å². The van der Waals surface area contributed by atoms with Crippen molar-refractivity contribution in [2.45, 2.75) is 39.8 Å². The van der Waals surface area contributed by atoms with Crippen LogP contribution in [0.4, 0.5) is 0 Å². The van der Waals surface area contributed by atoms with Gasteiger partial charge in [0.1, 0.15) is 0 Å². The average Bonchev–Trinajstić information content (AvgIpc) is 2.59. The second-order valence-electron chi connectivity index (χ2n) is 6.47. The molecule has 2 rings (SSSR count). The molecule has 24 heavy (non-hydrogen) atoms. The van der Waals surface area contributed by atoms with Crippen LogP contribution in [0, 0.1) is 11.8 Å². The largest absolute Gasteiger partial charge is 0.287 e. The quantitative estimate of drug-likeness (QED) is 0.682. The summed E-state index contributed by atoms with van der Waals surface area (Å²) >= 11 is 0. The maximum absolute atomic E-state index is 3.32. The molecule has 0 spiro atoms. The summed E-state index contributed by atoms with van der Waals surface area (Å²) in [6.07, 6.45) is 2.05. The number of benzene rings is 2. The van der Waals surface area contributed by atoms with Crippen LogP contribution in [0.25, 0.3) is 5.57 Å². The van der Waals surface area contributed by atoms with Gasteiger partial charge in [-0.3, -0.25) is 4.90 Å². The van der Waals surface area contributed by atoms with Crippen molar-refractivity contribution in [3.05, 3.63) is 77.9 Å². The molecule has 0 heterocycles. The second-order valence-corrected chi connectivity index (χ2v) is 6.47. The van der Waals surface area contributed by atoms with Gasteiger partial charge in [-0.05, 0) is 50.5 Å². The van der Waals surface area contributed by atoms with Crippen molar-refractivity contribution in [1.82, 2.24) is 4.90 Å². The van der Waals surface area contributed by atoms with Gasteiger partial charge in [-0.1, -0.05) is 72.5 Å². The predicted molar refractivity (Wildman–Crippen MR) is 105 cm³/mol. The first-order chi connectivity index (χ1) is 11.6. The van der Waals surface area contributed by atoms with Crippen molar-refractivity contribution in [1.29, 1.82) is 0 Å². The van der Waals surface area contributed by atoms with Crippen LogP contribution < -0.4 is 0 Å². The summed E-state index contributed by atoms with van der Waals surface area (Å²) < 4.78 is 0. The monoisotopic (exact) mass is 317 g/mol. The Hall–Kier alpha value is -2.30. The zero-order valence-electron chi connectivity index (χ0n) is 15.2. The Morgan fingerprint density at radius 3 is 1.71 bits per heavy atom. The van der Waals surface area contributed by atoms with Gasteiger partial charge in [0, 0.05) is 12.1 Å². The van der Waals surface area contributed by atoms with E-state index in [0.717, 1.165) is 6.54 Å². The highest BCUT2D eigenvalue weighted by Gasteiger charge is 2.10. The summed E-state index contributed by atoms with van der Waals surface area (Å²) in [7, 11) is 0. The Kier molecular flexibility index (Phi) is 6.85. The van der Waals surface area contributed by atoms with Crippen LogP contribution in [0.1, 0.15) is 38.8 Å². The van der Waals surface area contributed by atoms with Gasteiger partial charge in [0.2, 0.25) is 0 Å². The molecule has 0 amide bonds. The fourth-order valence-corrected chi connectivity index (χ4v) is 2.79. The molecule has 0 bridgehead atoms. The van der Waals surface area contributed by atoms with E-state index in [1.54, 1.807) is 0 Å². The van der Waals surface area contributed by atoms with Crippen molar-refractivity contribution in [2.75, 3.05) is 6.54 Å². The first-order valence-electron chi connectivity index (χ1n) is 8.64. The van der Waals surface area contributed by atoms with Gasteiger partial charge in [0.05, 0.1) is 6.54 Å². The molecule has 0 aromatic heterocycles. The third-order valence-electron chi connectivity index (χ3n) is 4.08. The summed E-state index contributed by atoms with van der Waals surface area (Å²) in [4.78, 5) is 2.39. The Balaban J connectivity index is 2.26. The first-order valence-corrected chi connectivity index (χ1v) is 8.64. The van der Waals surface area contributed by atoms with E-state index < -0.39 is 0 Å². The van der Waals surface area contributed by atoms with Crippen molar-refractivity contribution >= 4 is 5.57 Å². The molecule has 2 aromatic rings. The lowest BCUT2D eigenvalue weighted by atomic mass is 9.98. The SMILES string of the molecule is CC(C)N(CC#CC=C(c1ccccc1)c1ccccc1)C(C)C. The molecule has 1 nitrogen and oxygen atoms in total. The molecule has 0 unspecified atom stereocenters. The zero-order valence-corrected chi connectivity index (χ0v) is 15.2. The van der Waals surface area contributed by atoms with Crippen LogP contribution in [0.2, 0.25) is 0 Å². The highest BCUT2D eigenvalue weighted by atomic mass is 15.2. The van der Waals surface area contributed by atoms with Gasteiger partial charge in [-0.15, -0.1) is 0 Å². The highest BCUT2D eigenvalue weighted by Crippen LogP contribution is 2.22. The number of allylic oxidation sites excluding steroid dienone is 1. The summed E-state index contributed by atoms with van der Waals surface area (Å²) in [6.45, 7) is 9.67. The van der Waals surface area contributed by atoms with Gasteiger partial charge >= 0.3 is 0 Å². The van der Waals surface area contributed by atoms with Gasteiger partial charge in [-0.25, -0.2) is 0 Å². The van der Waals surface area contributed by atoms with Gasteiger partial charge in [0.25, 0.3) is 0 Å². The second kappa shape index (κ2) is 9.11. The van der Waals surface area contributed by atoms with E-state index in [4.69, 9.17) is 0 Å². The lowest BCUT2D eigenvalue weighted by molar-refractivity contribution is 0.200. The fraction of sp³-hybridized carbons (Fsp3) is 0.304. The smallest absolute Gasteiger partial charge is 0.0609 e. The van der Waals surface area contributed by atoms with Gasteiger partial charge in [0.15, 0.2) is 0 Å². The van der Waals surface area contributed by atoms with Crippen molar-refractivity contribution in [3.8, 4) is 11.8 Å². The fourth-order valence-electron chi connectivity index (χ4n) is 2.79. The van der Waals surface area contributed by atoms with Crippen LogP contribution in [-0.2, 0) is 0 Å². The summed E-state index contributed by atoms with van der Waals surface area (Å²) in [5.41, 5.74) is 3.56. The Morgan fingerprint density at radius 1 is 0.833 bits per heavy atom. The minimum Gasteiger partial charge on any atom is -0.287 e. The van der Waals surface area contributed by atoms with E-state index in [1.807, 2.05) is 18.2 Å². The number of nitrogens with zero attached hydrogens (tertiary/aromatic N) is 1. The molecule has 0 fully saturated rings. The number of rotatable bonds is 5. The topological polar surface area (TPSA) is 3.24 Å². The van der Waals surface area contributed by atoms with Crippen molar-refractivity contribution in [3.63, 3.8) is 0 Å². The number of hydrogen-bond donors (Lipinski definition) is 0. The number of hydrogen-bond acceptors (Lipinski definition) is 1. The van der Waals surface area contributed by atoms with Crippen LogP contribution in [0.3, 0.4) is 0 Å². The Labute approximate surface area is 147 Å². The molecule has 0 aliphatic carbocycles. The minimum atomic E-state index is 0.506. The predicted octanol–water partition coefficient (Wildman–Crippen LogP) is 5.24. The molecule has 0 radical (unpaired) electrons. The first kappa shape index (κ1) is 18.0. The zero-order chi connectivity index (χ0) is 17.4. The average molecular weight is 317 g/mol. The molecular formula is C23H27N. The summed E-state index contributed by atoms with van der Waals surface area (Å²) in [5, 5.41) is 0. The molecule has 1 heteroatoms. The van der Waals surface area contributed by atoms with Gasteiger partial charge in [-0.2, -0.15) is 0 Å². The minimum absolute atomic E-state index is 0.506. The van der Waals surface area contributed by atoms with E-state index in [2.05, 4.69) is 93.0 Å². The molecule has 0 atom stereocenters. The van der Waals surface area contributed by atoms with E-state index in [0.29, 0.717) is 12.1 Å². The molecule has 2 aromatic carbocycles. The van der Waals surface area contributed by atoms with Crippen LogP contribution in [-0.4, -0.2) is 23.5 Å². The maximum atomic E-state index is 3.32. The summed E-state index contributed by atoms with van der Waals surface area (Å²) in [5.74, 6) is 6.59. The maximum Gasteiger partial charge on any atom is 0.0609 e. The normalized spacial score (nSPS) is 10.6. The van der Waals surface area contributed by atoms with Crippen LogP contribution in [0.5, 0.6) is 0 Å².